The third kappa shape index (κ3) is 4.27. The van der Waals surface area contributed by atoms with E-state index in [9.17, 15) is 22.4 Å². The largest absolute Gasteiger partial charge is 0.419 e. The van der Waals surface area contributed by atoms with Gasteiger partial charge in [0.25, 0.3) is 5.91 Å². The number of rotatable bonds is 4. The first-order valence-electron chi connectivity index (χ1n) is 8.56. The highest BCUT2D eigenvalue weighted by Crippen LogP contribution is 2.34. The van der Waals surface area contributed by atoms with Crippen LogP contribution in [0.2, 0.25) is 5.02 Å². The van der Waals surface area contributed by atoms with Crippen LogP contribution in [0.25, 0.3) is 5.69 Å². The fourth-order valence-corrected chi connectivity index (χ4v) is 3.06. The van der Waals surface area contributed by atoms with E-state index in [-0.39, 0.29) is 11.1 Å². The van der Waals surface area contributed by atoms with E-state index in [2.05, 4.69) is 10.4 Å². The van der Waals surface area contributed by atoms with Crippen molar-refractivity contribution in [2.75, 3.05) is 0 Å². The molecule has 29 heavy (non-hydrogen) atoms. The summed E-state index contributed by atoms with van der Waals surface area (Å²) < 4.78 is 54.6. The Morgan fingerprint density at radius 3 is 2.45 bits per heavy atom. The first-order valence-corrected chi connectivity index (χ1v) is 8.94. The van der Waals surface area contributed by atoms with Crippen LogP contribution in [-0.2, 0) is 6.18 Å². The molecule has 1 aromatic heterocycles. The third-order valence-electron chi connectivity index (χ3n) is 4.47. The Morgan fingerprint density at radius 1 is 1.17 bits per heavy atom. The number of benzene rings is 2. The monoisotopic (exact) mass is 425 g/mol. The van der Waals surface area contributed by atoms with Crippen molar-refractivity contribution >= 4 is 17.5 Å². The molecule has 0 aliphatic heterocycles. The molecule has 0 fully saturated rings. The maximum Gasteiger partial charge on any atom is 0.419 e. The van der Waals surface area contributed by atoms with Gasteiger partial charge in [-0.1, -0.05) is 23.7 Å². The highest BCUT2D eigenvalue weighted by molar-refractivity contribution is 6.30. The molecule has 0 unspecified atom stereocenters. The van der Waals surface area contributed by atoms with Crippen LogP contribution in [-0.4, -0.2) is 15.7 Å². The summed E-state index contributed by atoms with van der Waals surface area (Å²) >= 11 is 5.87. The van der Waals surface area contributed by atoms with E-state index < -0.39 is 29.5 Å². The summed E-state index contributed by atoms with van der Waals surface area (Å²) in [6.07, 6.45) is -3.48. The van der Waals surface area contributed by atoms with Gasteiger partial charge < -0.3 is 5.32 Å². The molecule has 0 saturated carbocycles. The number of carbonyl (C=O) groups excluding carboxylic acids is 1. The lowest BCUT2D eigenvalue weighted by Crippen LogP contribution is -2.28. The number of nitrogens with one attached hydrogen (secondary N) is 1. The molecule has 0 saturated heterocycles. The Labute approximate surface area is 169 Å². The lowest BCUT2D eigenvalue weighted by Gasteiger charge is -2.17. The van der Waals surface area contributed by atoms with Crippen molar-refractivity contribution in [3.63, 3.8) is 0 Å². The van der Waals surface area contributed by atoms with Gasteiger partial charge in [0.2, 0.25) is 0 Å². The smallest absolute Gasteiger partial charge is 0.345 e. The molecule has 0 spiro atoms. The van der Waals surface area contributed by atoms with Gasteiger partial charge in [-0.15, -0.1) is 0 Å². The number of amides is 1. The van der Waals surface area contributed by atoms with Gasteiger partial charge in [0, 0.05) is 10.6 Å². The summed E-state index contributed by atoms with van der Waals surface area (Å²) in [5, 5.41) is 7.25. The molecule has 1 heterocycles. The quantitative estimate of drug-likeness (QED) is 0.562. The van der Waals surface area contributed by atoms with E-state index in [1.54, 1.807) is 31.2 Å². The fraction of sp³-hybridized carbons (Fsp3) is 0.200. The number of alkyl halides is 3. The Balaban J connectivity index is 1.84. The van der Waals surface area contributed by atoms with Crippen LogP contribution >= 0.6 is 11.6 Å². The summed E-state index contributed by atoms with van der Waals surface area (Å²) in [5.41, 5.74) is -0.206. The Hall–Kier alpha value is -2.87. The Morgan fingerprint density at radius 2 is 1.83 bits per heavy atom. The molecule has 0 bridgehead atoms. The number of hydrogen-bond acceptors (Lipinski definition) is 2. The van der Waals surface area contributed by atoms with Crippen LogP contribution in [0, 0.1) is 12.7 Å². The van der Waals surface area contributed by atoms with Crippen LogP contribution in [0.4, 0.5) is 17.6 Å². The zero-order valence-electron chi connectivity index (χ0n) is 15.4. The van der Waals surface area contributed by atoms with Gasteiger partial charge in [0.1, 0.15) is 5.82 Å². The number of hydrogen-bond donors (Lipinski definition) is 1. The highest BCUT2D eigenvalue weighted by atomic mass is 35.5. The maximum absolute atomic E-state index is 14.3. The fourth-order valence-electron chi connectivity index (χ4n) is 2.93. The van der Waals surface area contributed by atoms with Gasteiger partial charge in [-0.2, -0.15) is 18.3 Å². The van der Waals surface area contributed by atoms with Gasteiger partial charge in [0.15, 0.2) is 0 Å². The molecule has 2 aromatic carbocycles. The molecule has 9 heteroatoms. The molecule has 4 nitrogen and oxygen atoms in total. The van der Waals surface area contributed by atoms with Gasteiger partial charge in [-0.25, -0.2) is 9.07 Å². The van der Waals surface area contributed by atoms with E-state index in [1.165, 1.54) is 23.9 Å². The van der Waals surface area contributed by atoms with Crippen LogP contribution in [0.5, 0.6) is 0 Å². The summed E-state index contributed by atoms with van der Waals surface area (Å²) in [7, 11) is 0. The van der Waals surface area contributed by atoms with Crippen LogP contribution in [0.15, 0.2) is 48.7 Å². The number of nitrogens with zero attached hydrogens (tertiary/aromatic N) is 2. The molecule has 1 N–H and O–H groups in total. The standard InChI is InChI=1S/C20H16ClF4N3O/c1-11(15-4-3-5-17(18(15)22)20(23,24)25)27-19(29)16-10-26-28(12(16)2)14-8-6-13(21)7-9-14/h3-11H,1-2H3,(H,27,29)/t11-/m0/s1. The van der Waals surface area contributed by atoms with Crippen LogP contribution in [0.1, 0.15) is 40.1 Å². The molecular formula is C20H16ClF4N3O. The van der Waals surface area contributed by atoms with Crippen LogP contribution < -0.4 is 5.32 Å². The average molecular weight is 426 g/mol. The van der Waals surface area contributed by atoms with Gasteiger partial charge in [0.05, 0.1) is 34.7 Å². The Bertz CT molecular complexity index is 1040. The zero-order valence-corrected chi connectivity index (χ0v) is 16.1. The minimum absolute atomic E-state index is 0.221. The number of aromatic nitrogens is 2. The third-order valence-corrected chi connectivity index (χ3v) is 4.73. The lowest BCUT2D eigenvalue weighted by atomic mass is 10.0. The minimum atomic E-state index is -4.82. The Kier molecular flexibility index (Phi) is 5.66. The lowest BCUT2D eigenvalue weighted by molar-refractivity contribution is -0.140. The molecule has 0 aliphatic rings. The average Bonchev–Trinajstić information content (AvgIpc) is 3.03. The first kappa shape index (κ1) is 20.9. The molecular weight excluding hydrogens is 410 g/mol. The van der Waals surface area contributed by atoms with Gasteiger partial charge >= 0.3 is 6.18 Å². The highest BCUT2D eigenvalue weighted by Gasteiger charge is 2.35. The van der Waals surface area contributed by atoms with Gasteiger partial charge in [-0.05, 0) is 44.2 Å². The summed E-state index contributed by atoms with van der Waals surface area (Å²) in [6.45, 7) is 3.08. The summed E-state index contributed by atoms with van der Waals surface area (Å²) in [6, 6.07) is 8.80. The molecule has 3 rings (SSSR count). The van der Waals surface area contributed by atoms with Crippen molar-refractivity contribution in [3.8, 4) is 5.69 Å². The van der Waals surface area contributed by atoms with Crippen LogP contribution in [0.3, 0.4) is 0 Å². The molecule has 3 aromatic rings. The number of halogens is 5. The van der Waals surface area contributed by atoms with E-state index in [0.717, 1.165) is 6.07 Å². The van der Waals surface area contributed by atoms with Crippen molar-refractivity contribution in [2.45, 2.75) is 26.1 Å². The number of carbonyl (C=O) groups is 1. The predicted octanol–water partition coefficient (Wildman–Crippen LogP) is 5.48. The summed E-state index contributed by atoms with van der Waals surface area (Å²) in [4.78, 5) is 12.6. The summed E-state index contributed by atoms with van der Waals surface area (Å²) in [5.74, 6) is -1.98. The minimum Gasteiger partial charge on any atom is -0.345 e. The second kappa shape index (κ2) is 7.87. The van der Waals surface area contributed by atoms with E-state index in [0.29, 0.717) is 22.5 Å². The molecule has 0 radical (unpaired) electrons. The van der Waals surface area contributed by atoms with Crippen molar-refractivity contribution in [1.82, 2.24) is 15.1 Å². The van der Waals surface area contributed by atoms with E-state index >= 15 is 0 Å². The molecule has 1 amide bonds. The second-order valence-corrected chi connectivity index (χ2v) is 6.87. The maximum atomic E-state index is 14.3. The first-order chi connectivity index (χ1) is 13.6. The second-order valence-electron chi connectivity index (χ2n) is 6.43. The SMILES string of the molecule is Cc1c(C(=O)N[C@@H](C)c2cccc(C(F)(F)F)c2F)cnn1-c1ccc(Cl)cc1. The normalized spacial score (nSPS) is 12.7. The van der Waals surface area contributed by atoms with Gasteiger partial charge in [-0.3, -0.25) is 4.79 Å². The zero-order chi connectivity index (χ0) is 21.3. The van der Waals surface area contributed by atoms with Crippen molar-refractivity contribution in [1.29, 1.82) is 0 Å². The topological polar surface area (TPSA) is 46.9 Å². The van der Waals surface area contributed by atoms with E-state index in [1.807, 2.05) is 0 Å². The van der Waals surface area contributed by atoms with E-state index in [4.69, 9.17) is 11.6 Å². The van der Waals surface area contributed by atoms with Crippen molar-refractivity contribution in [3.05, 3.63) is 81.9 Å². The molecule has 0 aliphatic carbocycles. The molecule has 152 valence electrons. The predicted molar refractivity (Wildman–Crippen MR) is 101 cm³/mol. The molecule has 1 atom stereocenters. The van der Waals surface area contributed by atoms with Crippen molar-refractivity contribution in [2.24, 2.45) is 0 Å². The van der Waals surface area contributed by atoms with Crippen molar-refractivity contribution < 1.29 is 22.4 Å².